The third-order valence-electron chi connectivity index (χ3n) is 2.61. The highest BCUT2D eigenvalue weighted by Gasteiger charge is 2.18. The van der Waals surface area contributed by atoms with Crippen LogP contribution in [0.4, 0.5) is 5.69 Å². The molecule has 19 heavy (non-hydrogen) atoms. The van der Waals surface area contributed by atoms with E-state index in [2.05, 4.69) is 10.6 Å². The van der Waals surface area contributed by atoms with E-state index in [9.17, 15) is 9.59 Å². The van der Waals surface area contributed by atoms with Crippen molar-refractivity contribution in [3.63, 3.8) is 0 Å². The number of carbonyl (C=O) groups excluding carboxylic acids is 2. The Balaban J connectivity index is 2.66. The van der Waals surface area contributed by atoms with Gasteiger partial charge in [-0.25, -0.2) is 0 Å². The fourth-order valence-corrected chi connectivity index (χ4v) is 2.01. The van der Waals surface area contributed by atoms with Crippen LogP contribution in [-0.2, 0) is 9.59 Å². The minimum atomic E-state index is -0.739. The van der Waals surface area contributed by atoms with E-state index in [0.29, 0.717) is 12.1 Å². The van der Waals surface area contributed by atoms with E-state index >= 15 is 0 Å². The first-order chi connectivity index (χ1) is 9.12. The van der Waals surface area contributed by atoms with E-state index in [0.717, 1.165) is 4.90 Å². The van der Waals surface area contributed by atoms with E-state index in [1.165, 1.54) is 11.8 Å². The Morgan fingerprint density at radius 2 is 2.00 bits per heavy atom. The van der Waals surface area contributed by atoms with Crippen molar-refractivity contribution in [2.45, 2.75) is 24.3 Å². The highest BCUT2D eigenvalue weighted by molar-refractivity contribution is 7.98. The first-order valence-electron chi connectivity index (χ1n) is 5.98. The fraction of sp³-hybridized carbons (Fsp3) is 0.385. The van der Waals surface area contributed by atoms with Gasteiger partial charge in [-0.05, 0) is 24.8 Å². The lowest BCUT2D eigenvalue weighted by Gasteiger charge is -2.14. The number of anilines is 1. The number of hydrogen-bond acceptors (Lipinski definition) is 4. The van der Waals surface area contributed by atoms with Gasteiger partial charge in [-0.1, -0.05) is 19.1 Å². The second-order valence-corrected chi connectivity index (χ2v) is 4.76. The molecule has 1 atom stereocenters. The molecular formula is C13H18N2O3S. The average Bonchev–Trinajstić information content (AvgIpc) is 2.44. The molecule has 0 unspecified atom stereocenters. The number of para-hydroxylation sites is 1. The molecule has 1 aromatic carbocycles. The summed E-state index contributed by atoms with van der Waals surface area (Å²) in [6.07, 6.45) is 2.46. The molecule has 1 aromatic rings. The Labute approximate surface area is 116 Å². The van der Waals surface area contributed by atoms with Gasteiger partial charge in [0.2, 0.25) is 0 Å². The Bertz CT molecular complexity index is 447. The van der Waals surface area contributed by atoms with E-state index in [1.54, 1.807) is 12.1 Å². The SMILES string of the molecule is CC[C@H](CO)NC(=O)C(=O)Nc1ccccc1SC. The van der Waals surface area contributed by atoms with Gasteiger partial charge in [-0.3, -0.25) is 9.59 Å². The number of aliphatic hydroxyl groups excluding tert-OH is 1. The molecule has 0 saturated heterocycles. The molecule has 5 nitrogen and oxygen atoms in total. The predicted molar refractivity (Wildman–Crippen MR) is 76.2 cm³/mol. The fourth-order valence-electron chi connectivity index (χ4n) is 1.45. The zero-order valence-corrected chi connectivity index (χ0v) is 11.8. The van der Waals surface area contributed by atoms with Crippen LogP contribution < -0.4 is 10.6 Å². The van der Waals surface area contributed by atoms with Gasteiger partial charge >= 0.3 is 11.8 Å². The molecule has 0 saturated carbocycles. The Kier molecular flexibility index (Phi) is 6.38. The van der Waals surface area contributed by atoms with Crippen molar-refractivity contribution in [3.05, 3.63) is 24.3 Å². The second-order valence-electron chi connectivity index (χ2n) is 3.92. The minimum Gasteiger partial charge on any atom is -0.394 e. The lowest BCUT2D eigenvalue weighted by atomic mass is 10.2. The number of nitrogens with one attached hydrogen (secondary N) is 2. The lowest BCUT2D eigenvalue weighted by Crippen LogP contribution is -2.43. The van der Waals surface area contributed by atoms with Crippen LogP contribution in [0.3, 0.4) is 0 Å². The maximum Gasteiger partial charge on any atom is 0.313 e. The molecule has 0 radical (unpaired) electrons. The number of hydrogen-bond donors (Lipinski definition) is 3. The summed E-state index contributed by atoms with van der Waals surface area (Å²) >= 11 is 1.49. The Morgan fingerprint density at radius 1 is 1.32 bits per heavy atom. The van der Waals surface area contributed by atoms with Crippen molar-refractivity contribution in [2.24, 2.45) is 0 Å². The maximum atomic E-state index is 11.7. The number of carbonyl (C=O) groups is 2. The van der Waals surface area contributed by atoms with E-state index < -0.39 is 17.9 Å². The van der Waals surface area contributed by atoms with Crippen LogP contribution in [0.2, 0.25) is 0 Å². The van der Waals surface area contributed by atoms with Crippen LogP contribution in [-0.4, -0.2) is 35.8 Å². The molecule has 0 heterocycles. The average molecular weight is 282 g/mol. The molecular weight excluding hydrogens is 264 g/mol. The summed E-state index contributed by atoms with van der Waals surface area (Å²) in [5, 5.41) is 14.0. The molecule has 0 fully saturated rings. The third kappa shape index (κ3) is 4.57. The first-order valence-corrected chi connectivity index (χ1v) is 7.20. The number of aliphatic hydroxyl groups is 1. The standard InChI is InChI=1S/C13H18N2O3S/c1-3-9(8-16)14-12(17)13(18)15-10-6-4-5-7-11(10)19-2/h4-7,9,16H,3,8H2,1-2H3,(H,14,17)(H,15,18)/t9-/m1/s1. The highest BCUT2D eigenvalue weighted by atomic mass is 32.2. The van der Waals surface area contributed by atoms with Crippen molar-refractivity contribution < 1.29 is 14.7 Å². The summed E-state index contributed by atoms with van der Waals surface area (Å²) in [6.45, 7) is 1.64. The Hall–Kier alpha value is -1.53. The zero-order valence-electron chi connectivity index (χ0n) is 11.0. The van der Waals surface area contributed by atoms with Crippen LogP contribution in [0.5, 0.6) is 0 Å². The van der Waals surface area contributed by atoms with Crippen molar-refractivity contribution in [2.75, 3.05) is 18.2 Å². The van der Waals surface area contributed by atoms with Gasteiger partial charge in [0.05, 0.1) is 18.3 Å². The number of amides is 2. The molecule has 0 spiro atoms. The van der Waals surface area contributed by atoms with Gasteiger partial charge in [0, 0.05) is 4.90 Å². The van der Waals surface area contributed by atoms with Crippen LogP contribution in [0.25, 0.3) is 0 Å². The number of thioether (sulfide) groups is 1. The minimum absolute atomic E-state index is 0.184. The van der Waals surface area contributed by atoms with Gasteiger partial charge in [-0.15, -0.1) is 11.8 Å². The molecule has 6 heteroatoms. The molecule has 0 aliphatic carbocycles. The number of rotatable bonds is 5. The molecule has 0 aromatic heterocycles. The van der Waals surface area contributed by atoms with Crippen molar-refractivity contribution >= 4 is 29.3 Å². The van der Waals surface area contributed by atoms with Gasteiger partial charge in [0.1, 0.15) is 0 Å². The van der Waals surface area contributed by atoms with Crippen LogP contribution in [0.15, 0.2) is 29.2 Å². The summed E-state index contributed by atoms with van der Waals surface area (Å²) in [5.74, 6) is -1.47. The molecule has 0 bridgehead atoms. The largest absolute Gasteiger partial charge is 0.394 e. The summed E-state index contributed by atoms with van der Waals surface area (Å²) in [7, 11) is 0. The lowest BCUT2D eigenvalue weighted by molar-refractivity contribution is -0.136. The van der Waals surface area contributed by atoms with Crippen LogP contribution >= 0.6 is 11.8 Å². The molecule has 3 N–H and O–H groups in total. The summed E-state index contributed by atoms with van der Waals surface area (Å²) in [6, 6.07) is 6.85. The normalized spacial score (nSPS) is 11.7. The summed E-state index contributed by atoms with van der Waals surface area (Å²) in [4.78, 5) is 24.3. The van der Waals surface area contributed by atoms with Gasteiger partial charge in [0.25, 0.3) is 0 Å². The molecule has 2 amide bonds. The number of benzene rings is 1. The highest BCUT2D eigenvalue weighted by Crippen LogP contribution is 2.24. The van der Waals surface area contributed by atoms with E-state index in [-0.39, 0.29) is 6.61 Å². The van der Waals surface area contributed by atoms with Crippen molar-refractivity contribution in [1.29, 1.82) is 0 Å². The summed E-state index contributed by atoms with van der Waals surface area (Å²) < 4.78 is 0. The van der Waals surface area contributed by atoms with E-state index in [1.807, 2.05) is 25.3 Å². The van der Waals surface area contributed by atoms with E-state index in [4.69, 9.17) is 5.11 Å². The smallest absolute Gasteiger partial charge is 0.313 e. The monoisotopic (exact) mass is 282 g/mol. The third-order valence-corrected chi connectivity index (χ3v) is 3.41. The van der Waals surface area contributed by atoms with Crippen LogP contribution in [0.1, 0.15) is 13.3 Å². The molecule has 104 valence electrons. The molecule has 1 rings (SSSR count). The molecule has 0 aliphatic heterocycles. The molecule has 0 aliphatic rings. The van der Waals surface area contributed by atoms with Gasteiger partial charge in [0.15, 0.2) is 0 Å². The Morgan fingerprint density at radius 3 is 2.58 bits per heavy atom. The summed E-state index contributed by atoms with van der Waals surface area (Å²) in [5.41, 5.74) is 0.604. The van der Waals surface area contributed by atoms with Crippen molar-refractivity contribution in [3.8, 4) is 0 Å². The zero-order chi connectivity index (χ0) is 14.3. The van der Waals surface area contributed by atoms with Crippen molar-refractivity contribution in [1.82, 2.24) is 5.32 Å². The second kappa shape index (κ2) is 7.81. The topological polar surface area (TPSA) is 78.4 Å². The first kappa shape index (κ1) is 15.5. The maximum absolute atomic E-state index is 11.7. The van der Waals surface area contributed by atoms with Crippen LogP contribution in [0, 0.1) is 0 Å². The predicted octanol–water partition coefficient (Wildman–Crippen LogP) is 1.23. The van der Waals surface area contributed by atoms with Gasteiger partial charge < -0.3 is 15.7 Å². The van der Waals surface area contributed by atoms with Gasteiger partial charge in [-0.2, -0.15) is 0 Å². The quantitative estimate of drug-likeness (QED) is 0.561.